The van der Waals surface area contributed by atoms with Crippen molar-refractivity contribution < 1.29 is 14.3 Å². The number of hydrogen-bond donors (Lipinski definition) is 1. The van der Waals surface area contributed by atoms with Gasteiger partial charge in [0, 0.05) is 31.2 Å². The van der Waals surface area contributed by atoms with Crippen molar-refractivity contribution in [3.05, 3.63) is 29.8 Å². The van der Waals surface area contributed by atoms with Crippen molar-refractivity contribution in [2.24, 2.45) is 0 Å². The van der Waals surface area contributed by atoms with E-state index in [1.165, 1.54) is 6.92 Å². The zero-order valence-electron chi connectivity index (χ0n) is 13.2. The van der Waals surface area contributed by atoms with Crippen LogP contribution in [0.3, 0.4) is 0 Å². The van der Waals surface area contributed by atoms with E-state index in [2.05, 4.69) is 12.2 Å². The van der Waals surface area contributed by atoms with Crippen LogP contribution in [0.4, 0.5) is 0 Å². The Morgan fingerprint density at radius 3 is 2.77 bits per heavy atom. The third-order valence-electron chi connectivity index (χ3n) is 3.58. The molecule has 0 spiro atoms. The number of ketones is 1. The lowest BCUT2D eigenvalue weighted by Crippen LogP contribution is -2.54. The number of halogens is 1. The van der Waals surface area contributed by atoms with Gasteiger partial charge in [0.15, 0.2) is 11.9 Å². The van der Waals surface area contributed by atoms with Crippen LogP contribution in [0.15, 0.2) is 24.3 Å². The molecule has 0 aromatic heterocycles. The van der Waals surface area contributed by atoms with Crippen molar-refractivity contribution in [2.75, 3.05) is 19.6 Å². The van der Waals surface area contributed by atoms with Crippen molar-refractivity contribution >= 4 is 24.1 Å². The Labute approximate surface area is 137 Å². The number of piperazine rings is 1. The molecule has 1 aromatic rings. The minimum Gasteiger partial charge on any atom is -0.481 e. The van der Waals surface area contributed by atoms with Gasteiger partial charge in [-0.1, -0.05) is 12.1 Å². The van der Waals surface area contributed by atoms with E-state index in [0.717, 1.165) is 6.54 Å². The van der Waals surface area contributed by atoms with Crippen LogP contribution >= 0.6 is 12.4 Å². The molecular formula is C16H23ClN2O3. The van der Waals surface area contributed by atoms with Gasteiger partial charge in [0.1, 0.15) is 5.75 Å². The first-order chi connectivity index (χ1) is 9.97. The number of hydrogen-bond acceptors (Lipinski definition) is 4. The lowest BCUT2D eigenvalue weighted by Gasteiger charge is -2.33. The van der Waals surface area contributed by atoms with Crippen LogP contribution in [0.25, 0.3) is 0 Å². The molecule has 0 saturated carbocycles. The lowest BCUT2D eigenvalue weighted by molar-refractivity contribution is -0.139. The molecule has 2 atom stereocenters. The van der Waals surface area contributed by atoms with Gasteiger partial charge in [-0.3, -0.25) is 9.59 Å². The zero-order valence-corrected chi connectivity index (χ0v) is 14.0. The molecule has 2 unspecified atom stereocenters. The molecule has 1 aliphatic heterocycles. The van der Waals surface area contributed by atoms with E-state index in [1.807, 2.05) is 4.90 Å². The first-order valence-corrected chi connectivity index (χ1v) is 7.27. The van der Waals surface area contributed by atoms with Crippen molar-refractivity contribution in [3.8, 4) is 5.75 Å². The Kier molecular flexibility index (Phi) is 6.84. The molecule has 1 aromatic carbocycles. The van der Waals surface area contributed by atoms with Crippen LogP contribution in [0, 0.1) is 0 Å². The van der Waals surface area contributed by atoms with Crippen LogP contribution in [0.5, 0.6) is 5.75 Å². The van der Waals surface area contributed by atoms with Gasteiger partial charge in [-0.25, -0.2) is 0 Å². The standard InChI is InChI=1S/C16H22N2O3.ClH/c1-11-10-18(8-7-17-11)16(20)13(3)21-15-6-4-5-14(9-15)12(2)19;/h4-6,9,11,13,17H,7-8,10H2,1-3H3;1H. The molecule has 6 heteroatoms. The summed E-state index contributed by atoms with van der Waals surface area (Å²) in [7, 11) is 0. The van der Waals surface area contributed by atoms with Gasteiger partial charge < -0.3 is 15.0 Å². The summed E-state index contributed by atoms with van der Waals surface area (Å²) >= 11 is 0. The summed E-state index contributed by atoms with van der Waals surface area (Å²) in [4.78, 5) is 25.6. The number of ether oxygens (including phenoxy) is 1. The largest absolute Gasteiger partial charge is 0.481 e. The average molecular weight is 327 g/mol. The van der Waals surface area contributed by atoms with Crippen molar-refractivity contribution in [1.82, 2.24) is 10.2 Å². The number of carbonyl (C=O) groups is 2. The van der Waals surface area contributed by atoms with Gasteiger partial charge in [0.05, 0.1) is 0 Å². The molecule has 1 fully saturated rings. The van der Waals surface area contributed by atoms with Crippen LogP contribution in [0.2, 0.25) is 0 Å². The second-order valence-corrected chi connectivity index (χ2v) is 5.48. The molecule has 1 amide bonds. The quantitative estimate of drug-likeness (QED) is 0.859. The zero-order chi connectivity index (χ0) is 15.4. The minimum absolute atomic E-state index is 0. The van der Waals surface area contributed by atoms with Gasteiger partial charge in [0.2, 0.25) is 0 Å². The highest BCUT2D eigenvalue weighted by Gasteiger charge is 2.25. The fourth-order valence-electron chi connectivity index (χ4n) is 2.43. The van der Waals surface area contributed by atoms with Gasteiger partial charge in [-0.2, -0.15) is 0 Å². The van der Waals surface area contributed by atoms with E-state index in [-0.39, 0.29) is 24.1 Å². The van der Waals surface area contributed by atoms with E-state index in [1.54, 1.807) is 31.2 Å². The smallest absolute Gasteiger partial charge is 0.263 e. The van der Waals surface area contributed by atoms with Crippen molar-refractivity contribution in [1.29, 1.82) is 0 Å². The Hall–Kier alpha value is -1.59. The number of benzene rings is 1. The van der Waals surface area contributed by atoms with Crippen molar-refractivity contribution in [3.63, 3.8) is 0 Å². The topological polar surface area (TPSA) is 58.6 Å². The maximum absolute atomic E-state index is 12.4. The summed E-state index contributed by atoms with van der Waals surface area (Å²) < 4.78 is 5.69. The average Bonchev–Trinajstić information content (AvgIpc) is 2.46. The lowest BCUT2D eigenvalue weighted by atomic mass is 10.1. The molecule has 22 heavy (non-hydrogen) atoms. The fourth-order valence-corrected chi connectivity index (χ4v) is 2.43. The summed E-state index contributed by atoms with van der Waals surface area (Å²) in [6.07, 6.45) is -0.558. The Balaban J connectivity index is 0.00000242. The molecule has 1 heterocycles. The van der Waals surface area contributed by atoms with Gasteiger partial charge >= 0.3 is 0 Å². The van der Waals surface area contributed by atoms with E-state index in [4.69, 9.17) is 4.74 Å². The summed E-state index contributed by atoms with van der Waals surface area (Å²) in [6.45, 7) is 7.51. The van der Waals surface area contributed by atoms with E-state index >= 15 is 0 Å². The van der Waals surface area contributed by atoms with Gasteiger partial charge in [-0.05, 0) is 32.9 Å². The molecular weight excluding hydrogens is 304 g/mol. The van der Waals surface area contributed by atoms with E-state index in [0.29, 0.717) is 30.4 Å². The molecule has 1 aliphatic rings. The van der Waals surface area contributed by atoms with Gasteiger partial charge in [-0.15, -0.1) is 12.4 Å². The monoisotopic (exact) mass is 326 g/mol. The maximum Gasteiger partial charge on any atom is 0.263 e. The highest BCUT2D eigenvalue weighted by Crippen LogP contribution is 2.16. The van der Waals surface area contributed by atoms with Crippen LogP contribution in [-0.4, -0.2) is 48.4 Å². The highest BCUT2D eigenvalue weighted by molar-refractivity contribution is 5.94. The maximum atomic E-state index is 12.4. The van der Waals surface area contributed by atoms with E-state index < -0.39 is 6.10 Å². The molecule has 0 radical (unpaired) electrons. The Morgan fingerprint density at radius 2 is 2.14 bits per heavy atom. The molecule has 0 aliphatic carbocycles. The SMILES string of the molecule is CC(=O)c1cccc(OC(C)C(=O)N2CCNC(C)C2)c1.Cl. The summed E-state index contributed by atoms with van der Waals surface area (Å²) in [5.74, 6) is 0.513. The number of nitrogens with zero attached hydrogens (tertiary/aromatic N) is 1. The van der Waals surface area contributed by atoms with Crippen LogP contribution in [0.1, 0.15) is 31.1 Å². The second-order valence-electron chi connectivity index (χ2n) is 5.48. The van der Waals surface area contributed by atoms with Crippen molar-refractivity contribution in [2.45, 2.75) is 32.9 Å². The number of Topliss-reactive ketones (excluding diaryl/α,β-unsaturated/α-hetero) is 1. The molecule has 1 N–H and O–H groups in total. The first-order valence-electron chi connectivity index (χ1n) is 7.27. The number of rotatable bonds is 4. The Morgan fingerprint density at radius 1 is 1.41 bits per heavy atom. The molecule has 1 saturated heterocycles. The summed E-state index contributed by atoms with van der Waals surface area (Å²) in [5.41, 5.74) is 0.586. The highest BCUT2D eigenvalue weighted by atomic mass is 35.5. The molecule has 0 bridgehead atoms. The number of amides is 1. The molecule has 5 nitrogen and oxygen atoms in total. The molecule has 122 valence electrons. The fraction of sp³-hybridized carbons (Fsp3) is 0.500. The van der Waals surface area contributed by atoms with Crippen LogP contribution < -0.4 is 10.1 Å². The predicted octanol–water partition coefficient (Wildman–Crippen LogP) is 1.90. The minimum atomic E-state index is -0.558. The number of nitrogens with one attached hydrogen (secondary N) is 1. The second kappa shape index (κ2) is 8.15. The summed E-state index contributed by atoms with van der Waals surface area (Å²) in [6, 6.07) is 7.23. The predicted molar refractivity (Wildman–Crippen MR) is 87.8 cm³/mol. The van der Waals surface area contributed by atoms with Crippen LogP contribution in [-0.2, 0) is 4.79 Å². The normalized spacial score (nSPS) is 19.0. The number of carbonyl (C=O) groups excluding carboxylic acids is 2. The van der Waals surface area contributed by atoms with Gasteiger partial charge in [0.25, 0.3) is 5.91 Å². The Bertz CT molecular complexity index is 536. The first kappa shape index (κ1) is 18.5. The van der Waals surface area contributed by atoms with E-state index in [9.17, 15) is 9.59 Å². The summed E-state index contributed by atoms with van der Waals surface area (Å²) in [5, 5.41) is 3.30. The molecule has 2 rings (SSSR count). The third kappa shape index (κ3) is 4.71. The third-order valence-corrected chi connectivity index (χ3v) is 3.58.